The lowest BCUT2D eigenvalue weighted by Crippen LogP contribution is -2.25. The number of benzene rings is 1. The number of allylic oxidation sites excluding steroid dienone is 1. The van der Waals surface area contributed by atoms with Crippen LogP contribution in [0.2, 0.25) is 0 Å². The highest BCUT2D eigenvalue weighted by atomic mass is 16.7. The van der Waals surface area contributed by atoms with Gasteiger partial charge in [-0.1, -0.05) is 51.1 Å². The van der Waals surface area contributed by atoms with Gasteiger partial charge in [-0.05, 0) is 5.56 Å². The summed E-state index contributed by atoms with van der Waals surface area (Å²) in [5.74, 6) is -0.342. The van der Waals surface area contributed by atoms with E-state index in [4.69, 9.17) is 4.84 Å². The number of hydroxylamine groups is 2. The van der Waals surface area contributed by atoms with E-state index in [1.54, 1.807) is 0 Å². The van der Waals surface area contributed by atoms with Crippen molar-refractivity contribution in [3.8, 4) is 0 Å². The largest absolute Gasteiger partial charge is 0.294 e. The van der Waals surface area contributed by atoms with Crippen molar-refractivity contribution in [1.29, 1.82) is 0 Å². The van der Waals surface area contributed by atoms with Crippen LogP contribution < -0.4 is 0 Å². The van der Waals surface area contributed by atoms with E-state index >= 15 is 0 Å². The number of carbonyl (C=O) groups is 2. The Labute approximate surface area is 120 Å². The van der Waals surface area contributed by atoms with Crippen molar-refractivity contribution in [2.24, 2.45) is 5.41 Å². The predicted octanol–water partition coefficient (Wildman–Crippen LogP) is 3.10. The summed E-state index contributed by atoms with van der Waals surface area (Å²) < 4.78 is 0. The van der Waals surface area contributed by atoms with Gasteiger partial charge in [0.15, 0.2) is 5.78 Å². The fourth-order valence-electron chi connectivity index (χ4n) is 1.34. The highest BCUT2D eigenvalue weighted by Gasteiger charge is 2.18. The molecule has 0 saturated heterocycles. The van der Waals surface area contributed by atoms with Crippen LogP contribution in [0.3, 0.4) is 0 Å². The third-order valence-electron chi connectivity index (χ3n) is 2.62. The maximum Gasteiger partial charge on any atom is 0.247 e. The molecule has 0 saturated carbocycles. The van der Waals surface area contributed by atoms with Crippen molar-refractivity contribution >= 4 is 11.7 Å². The standard InChI is InChI=1S/C16H21NO3/c1-13(18)17(11-10-15(19)16(2,3)4)20-12-14-8-6-5-7-9-14/h5-11H,12H2,1-4H3/b11-10-. The first-order valence-electron chi connectivity index (χ1n) is 6.50. The molecular weight excluding hydrogens is 254 g/mol. The number of rotatable bonds is 5. The van der Waals surface area contributed by atoms with Crippen LogP contribution in [-0.4, -0.2) is 16.8 Å². The Morgan fingerprint density at radius 1 is 1.20 bits per heavy atom. The van der Waals surface area contributed by atoms with Gasteiger partial charge in [-0.3, -0.25) is 14.4 Å². The molecule has 4 heteroatoms. The number of nitrogens with zero attached hydrogens (tertiary/aromatic N) is 1. The number of amides is 1. The summed E-state index contributed by atoms with van der Waals surface area (Å²) in [7, 11) is 0. The third-order valence-corrected chi connectivity index (χ3v) is 2.62. The van der Waals surface area contributed by atoms with Gasteiger partial charge in [-0.25, -0.2) is 0 Å². The molecule has 0 fully saturated rings. The molecule has 20 heavy (non-hydrogen) atoms. The molecule has 0 aliphatic rings. The van der Waals surface area contributed by atoms with Gasteiger partial charge in [0.1, 0.15) is 6.61 Å². The number of hydrogen-bond acceptors (Lipinski definition) is 3. The van der Waals surface area contributed by atoms with E-state index in [2.05, 4.69) is 0 Å². The van der Waals surface area contributed by atoms with Gasteiger partial charge in [0.25, 0.3) is 0 Å². The molecule has 1 aromatic rings. The third kappa shape index (κ3) is 5.36. The predicted molar refractivity (Wildman–Crippen MR) is 77.4 cm³/mol. The van der Waals surface area contributed by atoms with Gasteiger partial charge in [-0.2, -0.15) is 5.06 Å². The van der Waals surface area contributed by atoms with E-state index in [0.29, 0.717) is 0 Å². The average Bonchev–Trinajstić information content (AvgIpc) is 2.38. The van der Waals surface area contributed by atoms with Crippen molar-refractivity contribution < 1.29 is 14.4 Å². The SMILES string of the molecule is CC(=O)N(/C=C\C(=O)C(C)(C)C)OCc1ccccc1. The molecule has 0 atom stereocenters. The molecule has 1 aromatic carbocycles. The molecule has 0 bridgehead atoms. The van der Waals surface area contributed by atoms with Crippen LogP contribution in [0, 0.1) is 5.41 Å². The maximum atomic E-state index is 11.8. The Morgan fingerprint density at radius 3 is 2.30 bits per heavy atom. The molecule has 1 amide bonds. The average molecular weight is 275 g/mol. The second-order valence-electron chi connectivity index (χ2n) is 5.53. The highest BCUT2D eigenvalue weighted by Crippen LogP contribution is 2.15. The molecule has 0 aromatic heterocycles. The van der Waals surface area contributed by atoms with Gasteiger partial charge >= 0.3 is 0 Å². The molecule has 0 aliphatic heterocycles. The maximum absolute atomic E-state index is 11.8. The second kappa shape index (κ2) is 7.01. The normalized spacial score (nSPS) is 11.6. The Bertz CT molecular complexity index is 486. The van der Waals surface area contributed by atoms with Gasteiger partial charge in [-0.15, -0.1) is 0 Å². The minimum atomic E-state index is -0.474. The lowest BCUT2D eigenvalue weighted by atomic mass is 9.91. The molecule has 108 valence electrons. The lowest BCUT2D eigenvalue weighted by molar-refractivity contribution is -0.172. The molecule has 0 aliphatic carbocycles. The van der Waals surface area contributed by atoms with Crippen LogP contribution in [0.4, 0.5) is 0 Å². The van der Waals surface area contributed by atoms with E-state index in [-0.39, 0.29) is 18.3 Å². The van der Waals surface area contributed by atoms with Crippen LogP contribution in [0.1, 0.15) is 33.3 Å². The number of carbonyl (C=O) groups excluding carboxylic acids is 2. The van der Waals surface area contributed by atoms with Crippen molar-refractivity contribution in [2.45, 2.75) is 34.3 Å². The second-order valence-corrected chi connectivity index (χ2v) is 5.53. The van der Waals surface area contributed by atoms with E-state index in [1.165, 1.54) is 19.2 Å². The first kappa shape index (κ1) is 16.1. The Balaban J connectivity index is 2.64. The zero-order valence-corrected chi connectivity index (χ0v) is 12.4. The molecule has 0 radical (unpaired) electrons. The summed E-state index contributed by atoms with van der Waals surface area (Å²) in [4.78, 5) is 28.6. The Kier molecular flexibility index (Phi) is 5.65. The first-order valence-corrected chi connectivity index (χ1v) is 6.50. The van der Waals surface area contributed by atoms with E-state index in [9.17, 15) is 9.59 Å². The van der Waals surface area contributed by atoms with Crippen LogP contribution >= 0.6 is 0 Å². The Morgan fingerprint density at radius 2 is 1.80 bits per heavy atom. The molecule has 0 unspecified atom stereocenters. The summed E-state index contributed by atoms with van der Waals surface area (Å²) in [6.45, 7) is 7.12. The fourth-order valence-corrected chi connectivity index (χ4v) is 1.34. The van der Waals surface area contributed by atoms with Crippen LogP contribution in [0.15, 0.2) is 42.6 Å². The van der Waals surface area contributed by atoms with Crippen molar-refractivity contribution in [1.82, 2.24) is 5.06 Å². The summed E-state index contributed by atoms with van der Waals surface area (Å²) in [6.07, 6.45) is 2.74. The van der Waals surface area contributed by atoms with E-state index in [0.717, 1.165) is 10.6 Å². The summed E-state index contributed by atoms with van der Waals surface area (Å²) in [5.41, 5.74) is 0.479. The molecule has 0 N–H and O–H groups in total. The summed E-state index contributed by atoms with van der Waals surface area (Å²) in [6, 6.07) is 9.52. The van der Waals surface area contributed by atoms with Crippen LogP contribution in [0.5, 0.6) is 0 Å². The summed E-state index contributed by atoms with van der Waals surface area (Å²) >= 11 is 0. The molecule has 0 spiro atoms. The van der Waals surface area contributed by atoms with Gasteiger partial charge in [0.2, 0.25) is 5.91 Å². The van der Waals surface area contributed by atoms with Gasteiger partial charge in [0, 0.05) is 24.6 Å². The molecular formula is C16H21NO3. The van der Waals surface area contributed by atoms with Crippen LogP contribution in [0.25, 0.3) is 0 Å². The minimum Gasteiger partial charge on any atom is -0.294 e. The molecule has 1 rings (SSSR count). The van der Waals surface area contributed by atoms with Crippen molar-refractivity contribution in [3.63, 3.8) is 0 Å². The Hall–Kier alpha value is -1.94. The van der Waals surface area contributed by atoms with Crippen molar-refractivity contribution in [2.75, 3.05) is 0 Å². The van der Waals surface area contributed by atoms with E-state index in [1.807, 2.05) is 51.1 Å². The minimum absolute atomic E-state index is 0.0629. The van der Waals surface area contributed by atoms with Crippen molar-refractivity contribution in [3.05, 3.63) is 48.2 Å². The quantitative estimate of drug-likeness (QED) is 0.613. The van der Waals surface area contributed by atoms with Crippen LogP contribution in [-0.2, 0) is 21.0 Å². The van der Waals surface area contributed by atoms with Gasteiger partial charge in [0.05, 0.1) is 0 Å². The summed E-state index contributed by atoms with van der Waals surface area (Å²) in [5, 5.41) is 1.08. The fraction of sp³-hybridized carbons (Fsp3) is 0.375. The highest BCUT2D eigenvalue weighted by molar-refractivity contribution is 5.94. The number of ketones is 1. The zero-order valence-electron chi connectivity index (χ0n) is 12.4. The first-order chi connectivity index (χ1) is 9.30. The van der Waals surface area contributed by atoms with E-state index < -0.39 is 5.41 Å². The molecule has 4 nitrogen and oxygen atoms in total. The smallest absolute Gasteiger partial charge is 0.247 e. The topological polar surface area (TPSA) is 46.6 Å². The molecule has 0 heterocycles. The zero-order chi connectivity index (χ0) is 15.2. The monoisotopic (exact) mass is 275 g/mol. The number of hydrogen-bond donors (Lipinski definition) is 0. The van der Waals surface area contributed by atoms with Gasteiger partial charge < -0.3 is 0 Å². The lowest BCUT2D eigenvalue weighted by Gasteiger charge is -2.17.